The Morgan fingerprint density at radius 2 is 1.57 bits per heavy atom. The van der Waals surface area contributed by atoms with Crippen LogP contribution in [0.15, 0.2) is 53.5 Å². The number of nitrogens with one attached hydrogen (secondary N) is 2. The molecule has 0 heterocycles. The van der Waals surface area contributed by atoms with Crippen LogP contribution in [0.25, 0.3) is 0 Å². The summed E-state index contributed by atoms with van der Waals surface area (Å²) in [6.45, 7) is 2.23. The number of guanidine groups is 1. The summed E-state index contributed by atoms with van der Waals surface area (Å²) >= 11 is 0. The van der Waals surface area contributed by atoms with Crippen LogP contribution >= 0.6 is 24.0 Å². The van der Waals surface area contributed by atoms with Gasteiger partial charge in [0.05, 0.1) is 13.7 Å². The molecule has 0 spiro atoms. The summed E-state index contributed by atoms with van der Waals surface area (Å²) in [5.41, 5.74) is 1.25. The molecular formula is C21H29FIN3O2. The normalized spacial score (nSPS) is 10.8. The topological polar surface area (TPSA) is 54.9 Å². The smallest absolute Gasteiger partial charge is 0.190 e. The largest absolute Gasteiger partial charge is 0.497 e. The number of benzene rings is 2. The third-order valence-corrected chi connectivity index (χ3v) is 4.03. The van der Waals surface area contributed by atoms with Crippen molar-refractivity contribution in [3.05, 3.63) is 59.9 Å². The number of unbranched alkanes of at least 4 members (excludes halogenated alkanes) is 1. The van der Waals surface area contributed by atoms with Crippen LogP contribution in [0.1, 0.15) is 18.4 Å². The summed E-state index contributed by atoms with van der Waals surface area (Å²) in [5.74, 6) is 2.10. The quantitative estimate of drug-likeness (QED) is 0.224. The number of ether oxygens (including phenoxy) is 2. The van der Waals surface area contributed by atoms with Gasteiger partial charge in [0.1, 0.15) is 17.3 Å². The molecule has 0 saturated heterocycles. The Kier molecular flexibility index (Phi) is 12.0. The van der Waals surface area contributed by atoms with Gasteiger partial charge in [0.2, 0.25) is 0 Å². The molecule has 0 saturated carbocycles. The van der Waals surface area contributed by atoms with Gasteiger partial charge in [-0.3, -0.25) is 4.99 Å². The first-order chi connectivity index (χ1) is 13.2. The van der Waals surface area contributed by atoms with Gasteiger partial charge in [0.15, 0.2) is 5.96 Å². The number of nitrogens with zero attached hydrogens (tertiary/aromatic N) is 1. The molecule has 5 nitrogen and oxygen atoms in total. The number of methoxy groups -OCH3 is 1. The first-order valence-corrected chi connectivity index (χ1v) is 9.17. The molecule has 2 aromatic rings. The number of rotatable bonds is 10. The van der Waals surface area contributed by atoms with E-state index in [-0.39, 0.29) is 29.8 Å². The van der Waals surface area contributed by atoms with Gasteiger partial charge >= 0.3 is 0 Å². The average molecular weight is 501 g/mol. The summed E-state index contributed by atoms with van der Waals surface area (Å²) in [7, 11) is 3.43. The third kappa shape index (κ3) is 9.25. The molecule has 154 valence electrons. The van der Waals surface area contributed by atoms with Crippen molar-refractivity contribution in [1.29, 1.82) is 0 Å². The van der Waals surface area contributed by atoms with Crippen LogP contribution < -0.4 is 20.1 Å². The van der Waals surface area contributed by atoms with E-state index in [0.717, 1.165) is 44.1 Å². The first-order valence-electron chi connectivity index (χ1n) is 9.17. The number of hydrogen-bond donors (Lipinski definition) is 2. The van der Waals surface area contributed by atoms with Crippen LogP contribution in [-0.2, 0) is 6.42 Å². The highest BCUT2D eigenvalue weighted by Crippen LogP contribution is 2.12. The van der Waals surface area contributed by atoms with Gasteiger partial charge in [-0.2, -0.15) is 0 Å². The molecule has 2 aromatic carbocycles. The maximum absolute atomic E-state index is 12.8. The molecule has 0 fully saturated rings. The highest BCUT2D eigenvalue weighted by Gasteiger charge is 1.99. The number of halogens is 2. The SMILES string of the molecule is CN=C(NCCCCOc1ccc(F)cc1)NCCc1ccc(OC)cc1.I. The number of hydrogen-bond acceptors (Lipinski definition) is 3. The van der Waals surface area contributed by atoms with Gasteiger partial charge in [-0.15, -0.1) is 24.0 Å². The molecule has 0 aliphatic rings. The average Bonchev–Trinajstić information content (AvgIpc) is 2.71. The highest BCUT2D eigenvalue weighted by molar-refractivity contribution is 14.0. The Labute approximate surface area is 183 Å². The second-order valence-electron chi connectivity index (χ2n) is 6.03. The van der Waals surface area contributed by atoms with Crippen LogP contribution in [0.2, 0.25) is 0 Å². The van der Waals surface area contributed by atoms with E-state index in [0.29, 0.717) is 12.4 Å². The standard InChI is InChI=1S/C21H28FN3O2.HI/c1-23-21(25-15-13-17-5-9-19(26-2)10-6-17)24-14-3-4-16-27-20-11-7-18(22)8-12-20;/h5-12H,3-4,13-16H2,1-2H3,(H2,23,24,25);1H. The van der Waals surface area contributed by atoms with Crippen molar-refractivity contribution in [2.45, 2.75) is 19.3 Å². The molecule has 0 radical (unpaired) electrons. The van der Waals surface area contributed by atoms with Gasteiger partial charge in [0.25, 0.3) is 0 Å². The summed E-state index contributed by atoms with van der Waals surface area (Å²) in [4.78, 5) is 4.23. The molecule has 28 heavy (non-hydrogen) atoms. The van der Waals surface area contributed by atoms with Gasteiger partial charge < -0.3 is 20.1 Å². The number of aliphatic imine (C=N–C) groups is 1. The van der Waals surface area contributed by atoms with Gasteiger partial charge in [0, 0.05) is 20.1 Å². The van der Waals surface area contributed by atoms with E-state index in [1.165, 1.54) is 17.7 Å². The zero-order chi connectivity index (χ0) is 19.3. The molecular weight excluding hydrogens is 472 g/mol. The van der Waals surface area contributed by atoms with E-state index in [1.54, 1.807) is 26.3 Å². The Bertz CT molecular complexity index is 694. The van der Waals surface area contributed by atoms with Crippen molar-refractivity contribution in [1.82, 2.24) is 10.6 Å². The fraction of sp³-hybridized carbons (Fsp3) is 0.381. The Morgan fingerprint density at radius 1 is 0.929 bits per heavy atom. The van der Waals surface area contributed by atoms with Crippen LogP contribution in [0.4, 0.5) is 4.39 Å². The van der Waals surface area contributed by atoms with Crippen molar-refractivity contribution < 1.29 is 13.9 Å². The Balaban J connectivity index is 0.00000392. The highest BCUT2D eigenvalue weighted by atomic mass is 127. The summed E-state index contributed by atoms with van der Waals surface area (Å²) < 4.78 is 23.6. The van der Waals surface area contributed by atoms with Gasteiger partial charge in [-0.1, -0.05) is 12.1 Å². The van der Waals surface area contributed by atoms with E-state index in [2.05, 4.69) is 27.8 Å². The lowest BCUT2D eigenvalue weighted by atomic mass is 10.1. The lowest BCUT2D eigenvalue weighted by molar-refractivity contribution is 0.306. The molecule has 0 aliphatic heterocycles. The summed E-state index contributed by atoms with van der Waals surface area (Å²) in [6, 6.07) is 14.2. The predicted molar refractivity (Wildman–Crippen MR) is 123 cm³/mol. The maximum atomic E-state index is 12.8. The van der Waals surface area contributed by atoms with Crippen LogP contribution in [0, 0.1) is 5.82 Å². The van der Waals surface area contributed by atoms with E-state index in [1.807, 2.05) is 12.1 Å². The van der Waals surface area contributed by atoms with Gasteiger partial charge in [-0.25, -0.2) is 4.39 Å². The Hall–Kier alpha value is -2.03. The van der Waals surface area contributed by atoms with Crippen molar-refractivity contribution in [2.24, 2.45) is 4.99 Å². The van der Waals surface area contributed by atoms with Crippen molar-refractivity contribution in [3.8, 4) is 11.5 Å². The van der Waals surface area contributed by atoms with Crippen molar-refractivity contribution in [2.75, 3.05) is 33.9 Å². The molecule has 0 amide bonds. The molecule has 0 atom stereocenters. The molecule has 0 aliphatic carbocycles. The maximum Gasteiger partial charge on any atom is 0.190 e. The first kappa shape index (κ1) is 24.0. The Morgan fingerprint density at radius 3 is 2.21 bits per heavy atom. The predicted octanol–water partition coefficient (Wildman–Crippen LogP) is 4.02. The minimum Gasteiger partial charge on any atom is -0.497 e. The lowest BCUT2D eigenvalue weighted by Crippen LogP contribution is -2.38. The monoisotopic (exact) mass is 501 g/mol. The fourth-order valence-electron chi connectivity index (χ4n) is 2.49. The zero-order valence-electron chi connectivity index (χ0n) is 16.4. The van der Waals surface area contributed by atoms with Crippen molar-refractivity contribution >= 4 is 29.9 Å². The third-order valence-electron chi connectivity index (χ3n) is 4.03. The van der Waals surface area contributed by atoms with E-state index in [4.69, 9.17) is 9.47 Å². The molecule has 2 N–H and O–H groups in total. The second-order valence-corrected chi connectivity index (χ2v) is 6.03. The van der Waals surface area contributed by atoms with Crippen LogP contribution in [0.5, 0.6) is 11.5 Å². The summed E-state index contributed by atoms with van der Waals surface area (Å²) in [6.07, 6.45) is 2.78. The van der Waals surface area contributed by atoms with Crippen molar-refractivity contribution in [3.63, 3.8) is 0 Å². The molecule has 0 bridgehead atoms. The second kappa shape index (κ2) is 14.0. The summed E-state index contributed by atoms with van der Waals surface area (Å²) in [5, 5.41) is 6.60. The van der Waals surface area contributed by atoms with E-state index in [9.17, 15) is 4.39 Å². The molecule has 0 unspecified atom stereocenters. The zero-order valence-corrected chi connectivity index (χ0v) is 18.7. The minimum absolute atomic E-state index is 0. The molecule has 0 aromatic heterocycles. The van der Waals surface area contributed by atoms with E-state index >= 15 is 0 Å². The molecule has 7 heteroatoms. The fourth-order valence-corrected chi connectivity index (χ4v) is 2.49. The van der Waals surface area contributed by atoms with Crippen LogP contribution in [-0.4, -0.2) is 39.8 Å². The lowest BCUT2D eigenvalue weighted by Gasteiger charge is -2.12. The molecule has 2 rings (SSSR count). The van der Waals surface area contributed by atoms with E-state index < -0.39 is 0 Å². The van der Waals surface area contributed by atoms with Crippen LogP contribution in [0.3, 0.4) is 0 Å². The van der Waals surface area contributed by atoms with Gasteiger partial charge in [-0.05, 0) is 61.2 Å². The minimum atomic E-state index is -0.252.